The second-order valence-corrected chi connectivity index (χ2v) is 6.04. The van der Waals surface area contributed by atoms with E-state index < -0.39 is 4.92 Å². The van der Waals surface area contributed by atoms with Gasteiger partial charge in [-0.2, -0.15) is 0 Å². The van der Waals surface area contributed by atoms with Gasteiger partial charge in [-0.3, -0.25) is 20.2 Å². The van der Waals surface area contributed by atoms with E-state index in [0.717, 1.165) is 5.56 Å². The monoisotopic (exact) mass is 359 g/mol. The zero-order valence-electron chi connectivity index (χ0n) is 12.1. The molecule has 0 fully saturated rings. The fraction of sp³-hybridized carbons (Fsp3) is 0. The van der Waals surface area contributed by atoms with Crippen LogP contribution in [0.2, 0.25) is 5.02 Å². The van der Waals surface area contributed by atoms with Crippen LogP contribution in [0.3, 0.4) is 0 Å². The van der Waals surface area contributed by atoms with Crippen LogP contribution in [0.15, 0.2) is 53.9 Å². The minimum Gasteiger partial charge on any atom is -0.298 e. The lowest BCUT2D eigenvalue weighted by Crippen LogP contribution is -2.12. The van der Waals surface area contributed by atoms with Crippen LogP contribution >= 0.6 is 22.9 Å². The van der Waals surface area contributed by atoms with Crippen LogP contribution in [-0.2, 0) is 0 Å². The average Bonchev–Trinajstić information content (AvgIpc) is 3.03. The molecular formula is C16H10ClN3O3S. The summed E-state index contributed by atoms with van der Waals surface area (Å²) >= 11 is 7.26. The Morgan fingerprint density at radius 2 is 1.88 bits per heavy atom. The van der Waals surface area contributed by atoms with Crippen LogP contribution in [0.4, 0.5) is 10.8 Å². The first-order valence-corrected chi connectivity index (χ1v) is 8.06. The van der Waals surface area contributed by atoms with Crippen LogP contribution in [0.25, 0.3) is 11.3 Å². The number of non-ortho nitro benzene ring substituents is 1. The fourth-order valence-corrected chi connectivity index (χ4v) is 2.96. The molecule has 0 saturated heterocycles. The number of carbonyl (C=O) groups is 1. The van der Waals surface area contributed by atoms with Gasteiger partial charge in [0.15, 0.2) is 5.13 Å². The number of nitrogens with zero attached hydrogens (tertiary/aromatic N) is 2. The van der Waals surface area contributed by atoms with Gasteiger partial charge in [0.05, 0.1) is 21.2 Å². The zero-order chi connectivity index (χ0) is 17.1. The molecule has 1 aromatic heterocycles. The Balaban J connectivity index is 1.77. The molecule has 0 aliphatic rings. The van der Waals surface area contributed by atoms with Crippen LogP contribution in [0.5, 0.6) is 0 Å². The van der Waals surface area contributed by atoms with E-state index in [4.69, 9.17) is 11.6 Å². The number of carbonyl (C=O) groups excluding carboxylic acids is 1. The lowest BCUT2D eigenvalue weighted by Gasteiger charge is -2.03. The van der Waals surface area contributed by atoms with Gasteiger partial charge in [0.25, 0.3) is 11.6 Å². The summed E-state index contributed by atoms with van der Waals surface area (Å²) < 4.78 is 0. The Labute approximate surface area is 145 Å². The van der Waals surface area contributed by atoms with Crippen molar-refractivity contribution in [1.29, 1.82) is 0 Å². The van der Waals surface area contributed by atoms with Crippen molar-refractivity contribution in [2.75, 3.05) is 5.32 Å². The second kappa shape index (κ2) is 6.77. The summed E-state index contributed by atoms with van der Waals surface area (Å²) in [5.74, 6) is -0.342. The summed E-state index contributed by atoms with van der Waals surface area (Å²) in [7, 11) is 0. The lowest BCUT2D eigenvalue weighted by atomic mass is 10.1. The lowest BCUT2D eigenvalue weighted by molar-refractivity contribution is -0.384. The first-order valence-electron chi connectivity index (χ1n) is 6.81. The van der Waals surface area contributed by atoms with Crippen molar-refractivity contribution >= 4 is 39.7 Å². The van der Waals surface area contributed by atoms with Crippen LogP contribution in [-0.4, -0.2) is 15.8 Å². The predicted octanol–water partition coefficient (Wildman–Crippen LogP) is 4.62. The Kier molecular flexibility index (Phi) is 4.54. The van der Waals surface area contributed by atoms with Gasteiger partial charge >= 0.3 is 0 Å². The van der Waals surface area contributed by atoms with Gasteiger partial charge in [0.1, 0.15) is 0 Å². The van der Waals surface area contributed by atoms with Gasteiger partial charge in [-0.15, -0.1) is 11.3 Å². The molecule has 0 saturated carbocycles. The van der Waals surface area contributed by atoms with Crippen LogP contribution < -0.4 is 5.32 Å². The molecule has 0 bridgehead atoms. The molecule has 0 aliphatic carbocycles. The Morgan fingerprint density at radius 1 is 1.17 bits per heavy atom. The third-order valence-corrected chi connectivity index (χ3v) is 4.30. The van der Waals surface area contributed by atoms with Crippen molar-refractivity contribution < 1.29 is 9.72 Å². The van der Waals surface area contributed by atoms with E-state index >= 15 is 0 Å². The van der Waals surface area contributed by atoms with E-state index in [2.05, 4.69) is 10.3 Å². The van der Waals surface area contributed by atoms with Gasteiger partial charge in [-0.1, -0.05) is 23.7 Å². The topological polar surface area (TPSA) is 85.1 Å². The molecule has 6 nitrogen and oxygen atoms in total. The molecular weight excluding hydrogens is 350 g/mol. The number of halogens is 1. The number of amides is 1. The number of aromatic nitrogens is 1. The highest BCUT2D eigenvalue weighted by Crippen LogP contribution is 2.27. The number of nitro groups is 1. The minimum absolute atomic E-state index is 0.0150. The number of thiazole rings is 1. The van der Waals surface area contributed by atoms with Crippen molar-refractivity contribution in [3.8, 4) is 11.3 Å². The maximum Gasteiger partial charge on any atom is 0.269 e. The standard InChI is InChI=1S/C16H10ClN3O3S/c17-13-4-2-1-3-12(13)15(21)19-16-18-14(9-24-16)10-5-7-11(8-6-10)20(22)23/h1-9H,(H,18,19,21). The summed E-state index contributed by atoms with van der Waals surface area (Å²) in [6.07, 6.45) is 0. The molecule has 3 aromatic rings. The molecule has 0 aliphatic heterocycles. The minimum atomic E-state index is -0.458. The normalized spacial score (nSPS) is 10.4. The summed E-state index contributed by atoms with van der Waals surface area (Å²) in [6, 6.07) is 12.8. The molecule has 0 radical (unpaired) electrons. The van der Waals surface area contributed by atoms with Crippen molar-refractivity contribution in [2.24, 2.45) is 0 Å². The van der Waals surface area contributed by atoms with Crippen LogP contribution in [0.1, 0.15) is 10.4 Å². The van der Waals surface area contributed by atoms with E-state index in [9.17, 15) is 14.9 Å². The molecule has 2 aromatic carbocycles. The summed E-state index contributed by atoms with van der Waals surface area (Å²) in [4.78, 5) is 26.7. The predicted molar refractivity (Wildman–Crippen MR) is 93.6 cm³/mol. The molecule has 1 heterocycles. The van der Waals surface area contributed by atoms with Crippen molar-refractivity contribution in [2.45, 2.75) is 0 Å². The van der Waals surface area contributed by atoms with E-state index in [1.54, 1.807) is 41.8 Å². The number of nitrogens with one attached hydrogen (secondary N) is 1. The van der Waals surface area contributed by atoms with E-state index in [1.807, 2.05) is 0 Å². The van der Waals surface area contributed by atoms with Gasteiger partial charge in [-0.25, -0.2) is 4.98 Å². The smallest absolute Gasteiger partial charge is 0.269 e. The Hall–Kier alpha value is -2.77. The summed E-state index contributed by atoms with van der Waals surface area (Å²) in [6.45, 7) is 0. The summed E-state index contributed by atoms with van der Waals surface area (Å²) in [5, 5.41) is 15.9. The van der Waals surface area contributed by atoms with Crippen LogP contribution in [0, 0.1) is 10.1 Å². The highest BCUT2D eigenvalue weighted by molar-refractivity contribution is 7.14. The zero-order valence-corrected chi connectivity index (χ0v) is 13.7. The van der Waals surface area contributed by atoms with Gasteiger partial charge in [0, 0.05) is 23.1 Å². The SMILES string of the molecule is O=C(Nc1nc(-c2ccc([N+](=O)[O-])cc2)cs1)c1ccccc1Cl. The van der Waals surface area contributed by atoms with Gasteiger partial charge in [-0.05, 0) is 24.3 Å². The molecule has 8 heteroatoms. The van der Waals surface area contributed by atoms with Crippen molar-refractivity contribution in [3.63, 3.8) is 0 Å². The molecule has 1 amide bonds. The average molecular weight is 360 g/mol. The van der Waals surface area contributed by atoms with E-state index in [1.165, 1.54) is 23.5 Å². The molecule has 0 unspecified atom stereocenters. The summed E-state index contributed by atoms with van der Waals surface area (Å²) in [5.41, 5.74) is 1.74. The second-order valence-electron chi connectivity index (χ2n) is 4.78. The third-order valence-electron chi connectivity index (χ3n) is 3.22. The largest absolute Gasteiger partial charge is 0.298 e. The van der Waals surface area contributed by atoms with E-state index in [-0.39, 0.29) is 11.6 Å². The van der Waals surface area contributed by atoms with Crippen molar-refractivity contribution in [1.82, 2.24) is 4.98 Å². The highest BCUT2D eigenvalue weighted by Gasteiger charge is 2.13. The number of anilines is 1. The Bertz CT molecular complexity index is 909. The quantitative estimate of drug-likeness (QED) is 0.543. The maximum absolute atomic E-state index is 12.2. The molecule has 24 heavy (non-hydrogen) atoms. The number of rotatable bonds is 4. The molecule has 120 valence electrons. The molecule has 0 atom stereocenters. The molecule has 0 spiro atoms. The van der Waals surface area contributed by atoms with Crippen molar-refractivity contribution in [3.05, 3.63) is 74.6 Å². The molecule has 1 N–H and O–H groups in total. The van der Waals surface area contributed by atoms with Gasteiger partial charge < -0.3 is 0 Å². The number of benzene rings is 2. The van der Waals surface area contributed by atoms with E-state index in [0.29, 0.717) is 21.4 Å². The highest BCUT2D eigenvalue weighted by atomic mass is 35.5. The maximum atomic E-state index is 12.2. The Morgan fingerprint density at radius 3 is 2.54 bits per heavy atom. The first kappa shape index (κ1) is 16.1. The first-order chi connectivity index (χ1) is 11.5. The third kappa shape index (κ3) is 3.42. The fourth-order valence-electron chi connectivity index (χ4n) is 2.03. The molecule has 3 rings (SSSR count). The number of hydrogen-bond donors (Lipinski definition) is 1. The number of nitro benzene ring substituents is 1. The number of hydrogen-bond acceptors (Lipinski definition) is 5. The van der Waals surface area contributed by atoms with Gasteiger partial charge in [0.2, 0.25) is 0 Å².